The Labute approximate surface area is 92.8 Å². The normalized spacial score (nSPS) is 21.1. The van der Waals surface area contributed by atoms with Crippen LogP contribution in [0.15, 0.2) is 12.1 Å². The monoisotopic (exact) mass is 227 g/mol. The molecule has 80 valence electrons. The van der Waals surface area contributed by atoms with Crippen LogP contribution in [-0.2, 0) is 0 Å². The zero-order chi connectivity index (χ0) is 9.71. The third kappa shape index (κ3) is 1.37. The van der Waals surface area contributed by atoms with E-state index in [1.54, 1.807) is 6.07 Å². The third-order valence-corrected chi connectivity index (χ3v) is 2.72. The fourth-order valence-electron chi connectivity index (χ4n) is 1.98. The van der Waals surface area contributed by atoms with E-state index in [0.717, 1.165) is 16.9 Å². The van der Waals surface area contributed by atoms with Gasteiger partial charge in [-0.05, 0) is 12.1 Å². The second-order valence-corrected chi connectivity index (χ2v) is 3.62. The van der Waals surface area contributed by atoms with Crippen molar-refractivity contribution in [2.45, 2.75) is 12.5 Å². The lowest BCUT2D eigenvalue weighted by molar-refractivity contribution is -0.423. The fraction of sp³-hybridized carbons (Fsp3) is 0.300. The summed E-state index contributed by atoms with van der Waals surface area (Å²) in [6, 6.07) is 3.71. The standard InChI is InChI=1S/C10H9NO3.ClH/c11-7-3-8(12)6-2-10-9(1-5(6)7)13-4-14-10;/h1-2,7H,3-4,11H2;1H. The van der Waals surface area contributed by atoms with Crippen LogP contribution in [0.3, 0.4) is 0 Å². The molecule has 0 radical (unpaired) electrons. The van der Waals surface area contributed by atoms with Crippen LogP contribution in [0.5, 0.6) is 11.5 Å². The van der Waals surface area contributed by atoms with Gasteiger partial charge in [-0.25, -0.2) is 0 Å². The number of halogens is 1. The number of hydrogen-bond acceptors (Lipinski definition) is 3. The van der Waals surface area contributed by atoms with E-state index in [1.807, 2.05) is 6.07 Å². The largest absolute Gasteiger partial charge is 1.00 e. The molecule has 0 amide bonds. The number of ketones is 1. The molecule has 1 aliphatic heterocycles. The Morgan fingerprint density at radius 1 is 1.27 bits per heavy atom. The highest BCUT2D eigenvalue weighted by atomic mass is 35.5. The maximum Gasteiger partial charge on any atom is 0.231 e. The summed E-state index contributed by atoms with van der Waals surface area (Å²) in [4.78, 5) is 11.5. The van der Waals surface area contributed by atoms with Gasteiger partial charge in [-0.3, -0.25) is 4.79 Å². The number of quaternary nitrogens is 1. The maximum atomic E-state index is 11.5. The van der Waals surface area contributed by atoms with Crippen LogP contribution in [0, 0.1) is 0 Å². The smallest absolute Gasteiger partial charge is 0.231 e. The minimum Gasteiger partial charge on any atom is -1.00 e. The molecule has 15 heavy (non-hydrogen) atoms. The van der Waals surface area contributed by atoms with Crippen molar-refractivity contribution in [3.05, 3.63) is 23.3 Å². The first-order valence-electron chi connectivity index (χ1n) is 4.55. The highest BCUT2D eigenvalue weighted by molar-refractivity contribution is 6.01. The summed E-state index contributed by atoms with van der Waals surface area (Å²) in [6.45, 7) is 0.244. The number of hydrogen-bond donors (Lipinski definition) is 1. The molecular formula is C10H10ClNO3. The van der Waals surface area contributed by atoms with Crippen molar-refractivity contribution in [2.75, 3.05) is 6.79 Å². The van der Waals surface area contributed by atoms with Crippen LogP contribution < -0.4 is 27.6 Å². The summed E-state index contributed by atoms with van der Waals surface area (Å²) < 4.78 is 10.5. The van der Waals surface area contributed by atoms with E-state index >= 15 is 0 Å². The number of carbonyl (C=O) groups is 1. The van der Waals surface area contributed by atoms with Gasteiger partial charge in [0.1, 0.15) is 6.04 Å². The second-order valence-electron chi connectivity index (χ2n) is 3.62. The van der Waals surface area contributed by atoms with E-state index in [4.69, 9.17) is 9.47 Å². The zero-order valence-electron chi connectivity index (χ0n) is 7.96. The molecule has 0 saturated heterocycles. The summed E-state index contributed by atoms with van der Waals surface area (Å²) in [5.74, 6) is 1.55. The number of Topliss-reactive ketones (excluding diaryl/α,β-unsaturated/α-hetero) is 1. The Kier molecular flexibility index (Phi) is 2.32. The number of ether oxygens (including phenoxy) is 2. The van der Waals surface area contributed by atoms with Crippen molar-refractivity contribution >= 4 is 5.78 Å². The van der Waals surface area contributed by atoms with Gasteiger partial charge < -0.3 is 27.6 Å². The topological polar surface area (TPSA) is 63.2 Å². The predicted molar refractivity (Wildman–Crippen MR) is 47.1 cm³/mol. The first-order chi connectivity index (χ1) is 6.75. The minimum atomic E-state index is 0. The van der Waals surface area contributed by atoms with E-state index in [1.165, 1.54) is 0 Å². The van der Waals surface area contributed by atoms with Gasteiger partial charge >= 0.3 is 0 Å². The van der Waals surface area contributed by atoms with Gasteiger partial charge in [-0.2, -0.15) is 0 Å². The molecule has 0 spiro atoms. The van der Waals surface area contributed by atoms with Crippen molar-refractivity contribution in [1.82, 2.24) is 0 Å². The van der Waals surface area contributed by atoms with Gasteiger partial charge in [0, 0.05) is 11.1 Å². The van der Waals surface area contributed by atoms with Gasteiger partial charge in [-0.1, -0.05) is 0 Å². The molecule has 0 saturated carbocycles. The summed E-state index contributed by atoms with van der Waals surface area (Å²) in [6.07, 6.45) is 0.498. The summed E-state index contributed by atoms with van der Waals surface area (Å²) in [7, 11) is 0. The first kappa shape index (κ1) is 10.3. The van der Waals surface area contributed by atoms with Gasteiger partial charge in [-0.15, -0.1) is 0 Å². The Balaban J connectivity index is 0.000000853. The summed E-state index contributed by atoms with van der Waals surface area (Å²) in [5.41, 5.74) is 5.67. The van der Waals surface area contributed by atoms with Crippen molar-refractivity contribution < 1.29 is 32.4 Å². The van der Waals surface area contributed by atoms with Gasteiger partial charge in [0.15, 0.2) is 17.3 Å². The molecular weight excluding hydrogens is 218 g/mol. The van der Waals surface area contributed by atoms with Crippen molar-refractivity contribution in [3.63, 3.8) is 0 Å². The molecule has 1 unspecified atom stereocenters. The van der Waals surface area contributed by atoms with Crippen LogP contribution in [0.4, 0.5) is 0 Å². The lowest BCUT2D eigenvalue weighted by Crippen LogP contribution is -3.00. The molecule has 0 aromatic heterocycles. The number of benzene rings is 1. The predicted octanol–water partition coefficient (Wildman–Crippen LogP) is -2.71. The molecule has 1 aromatic rings. The van der Waals surface area contributed by atoms with Crippen LogP contribution in [-0.4, -0.2) is 12.6 Å². The highest BCUT2D eigenvalue weighted by Gasteiger charge is 2.32. The summed E-state index contributed by atoms with van der Waals surface area (Å²) >= 11 is 0. The van der Waals surface area contributed by atoms with Crippen LogP contribution >= 0.6 is 0 Å². The Bertz CT molecular complexity index is 433. The van der Waals surface area contributed by atoms with Crippen molar-refractivity contribution in [1.29, 1.82) is 0 Å². The van der Waals surface area contributed by atoms with Crippen LogP contribution in [0.2, 0.25) is 0 Å². The van der Waals surface area contributed by atoms with Gasteiger partial charge in [0.25, 0.3) is 0 Å². The van der Waals surface area contributed by atoms with Gasteiger partial charge in [0.05, 0.1) is 6.42 Å². The van der Waals surface area contributed by atoms with E-state index in [0.29, 0.717) is 12.2 Å². The van der Waals surface area contributed by atoms with Crippen molar-refractivity contribution in [2.24, 2.45) is 0 Å². The average molecular weight is 228 g/mol. The first-order valence-corrected chi connectivity index (χ1v) is 4.55. The lowest BCUT2D eigenvalue weighted by Gasteiger charge is -2.02. The zero-order valence-corrected chi connectivity index (χ0v) is 8.71. The molecule has 0 bridgehead atoms. The lowest BCUT2D eigenvalue weighted by atomic mass is 10.1. The molecule has 1 aliphatic carbocycles. The van der Waals surface area contributed by atoms with E-state index in [9.17, 15) is 4.79 Å². The minimum absolute atomic E-state index is 0. The number of fused-ring (bicyclic) bond motifs is 2. The molecule has 3 rings (SSSR count). The molecule has 1 aromatic carbocycles. The Morgan fingerprint density at radius 3 is 2.67 bits per heavy atom. The molecule has 1 heterocycles. The molecule has 4 nitrogen and oxygen atoms in total. The fourth-order valence-corrected chi connectivity index (χ4v) is 1.98. The average Bonchev–Trinajstić information content (AvgIpc) is 2.70. The molecule has 2 aliphatic rings. The van der Waals surface area contributed by atoms with Crippen LogP contribution in [0.25, 0.3) is 0 Å². The molecule has 5 heteroatoms. The maximum absolute atomic E-state index is 11.5. The third-order valence-electron chi connectivity index (χ3n) is 2.72. The molecule has 3 N–H and O–H groups in total. The van der Waals surface area contributed by atoms with E-state index < -0.39 is 0 Å². The SMILES string of the molecule is [Cl-].[NH3+]C1CC(=O)c2cc3c(cc21)OCO3. The quantitative estimate of drug-likeness (QED) is 0.524. The molecule has 0 fully saturated rings. The number of carbonyl (C=O) groups excluding carboxylic acids is 1. The van der Waals surface area contributed by atoms with Gasteiger partial charge in [0.2, 0.25) is 6.79 Å². The number of rotatable bonds is 0. The summed E-state index contributed by atoms with van der Waals surface area (Å²) in [5, 5.41) is 0. The Hall–Kier alpha value is -1.26. The van der Waals surface area contributed by atoms with E-state index in [2.05, 4.69) is 5.73 Å². The van der Waals surface area contributed by atoms with Crippen molar-refractivity contribution in [3.8, 4) is 11.5 Å². The highest BCUT2D eigenvalue weighted by Crippen LogP contribution is 2.39. The van der Waals surface area contributed by atoms with Crippen LogP contribution in [0.1, 0.15) is 28.4 Å². The second kappa shape index (κ2) is 3.40. The molecule has 1 atom stereocenters. The van der Waals surface area contributed by atoms with E-state index in [-0.39, 0.29) is 31.0 Å². The Morgan fingerprint density at radius 2 is 1.93 bits per heavy atom.